The molecule has 106 valence electrons. The number of aromatic amines is 1. The summed E-state index contributed by atoms with van der Waals surface area (Å²) in [4.78, 5) is 11.7. The monoisotopic (exact) mass is 274 g/mol. The zero-order chi connectivity index (χ0) is 14.9. The number of aryl methyl sites for hydroxylation is 1. The van der Waals surface area contributed by atoms with Gasteiger partial charge in [0.05, 0.1) is 24.0 Å². The van der Waals surface area contributed by atoms with Crippen LogP contribution in [0.3, 0.4) is 0 Å². The SMILES string of the molecule is COc1ccc(-c2cc(C(C)(C)O)c(=O)[nH]n2)cc1C. The highest BCUT2D eigenvalue weighted by Gasteiger charge is 2.21. The van der Waals surface area contributed by atoms with Gasteiger partial charge in [0.1, 0.15) is 5.75 Å². The van der Waals surface area contributed by atoms with Gasteiger partial charge in [-0.2, -0.15) is 5.10 Å². The van der Waals surface area contributed by atoms with Crippen LogP contribution in [0.4, 0.5) is 0 Å². The molecule has 0 spiro atoms. The van der Waals surface area contributed by atoms with Crippen molar-refractivity contribution in [1.29, 1.82) is 0 Å². The Bertz CT molecular complexity index is 684. The molecule has 0 bridgehead atoms. The van der Waals surface area contributed by atoms with Gasteiger partial charge in [-0.05, 0) is 50.6 Å². The van der Waals surface area contributed by atoms with Crippen molar-refractivity contribution in [3.8, 4) is 17.0 Å². The third-order valence-corrected chi connectivity index (χ3v) is 3.15. The number of aromatic nitrogens is 2. The lowest BCUT2D eigenvalue weighted by molar-refractivity contribution is 0.0769. The summed E-state index contributed by atoms with van der Waals surface area (Å²) in [6.07, 6.45) is 0. The fraction of sp³-hybridized carbons (Fsp3) is 0.333. The van der Waals surface area contributed by atoms with Crippen molar-refractivity contribution in [2.24, 2.45) is 0 Å². The highest BCUT2D eigenvalue weighted by Crippen LogP contribution is 2.26. The summed E-state index contributed by atoms with van der Waals surface area (Å²) < 4.78 is 5.21. The zero-order valence-corrected chi connectivity index (χ0v) is 12.0. The Kier molecular flexibility index (Phi) is 3.63. The average molecular weight is 274 g/mol. The molecule has 0 saturated heterocycles. The van der Waals surface area contributed by atoms with E-state index in [4.69, 9.17) is 4.74 Å². The molecule has 5 heteroatoms. The summed E-state index contributed by atoms with van der Waals surface area (Å²) in [5.74, 6) is 0.792. The first kappa shape index (κ1) is 14.3. The third kappa shape index (κ3) is 2.72. The minimum Gasteiger partial charge on any atom is -0.496 e. The van der Waals surface area contributed by atoms with Crippen LogP contribution in [-0.4, -0.2) is 22.4 Å². The second kappa shape index (κ2) is 5.09. The summed E-state index contributed by atoms with van der Waals surface area (Å²) in [6.45, 7) is 5.08. The average Bonchev–Trinajstić information content (AvgIpc) is 2.37. The normalized spacial score (nSPS) is 11.4. The maximum atomic E-state index is 11.7. The Labute approximate surface area is 117 Å². The van der Waals surface area contributed by atoms with Crippen LogP contribution in [0.2, 0.25) is 0 Å². The van der Waals surface area contributed by atoms with Crippen LogP contribution in [0.25, 0.3) is 11.3 Å². The molecule has 2 rings (SSSR count). The smallest absolute Gasteiger partial charge is 0.270 e. The minimum atomic E-state index is -1.22. The molecule has 0 aliphatic carbocycles. The lowest BCUT2D eigenvalue weighted by Crippen LogP contribution is -2.27. The summed E-state index contributed by atoms with van der Waals surface area (Å²) in [5.41, 5.74) is 1.12. The molecule has 5 nitrogen and oxygen atoms in total. The van der Waals surface area contributed by atoms with E-state index in [2.05, 4.69) is 10.2 Å². The summed E-state index contributed by atoms with van der Waals surface area (Å²) in [6, 6.07) is 7.25. The maximum Gasteiger partial charge on any atom is 0.270 e. The fourth-order valence-electron chi connectivity index (χ4n) is 2.05. The Morgan fingerprint density at radius 1 is 1.30 bits per heavy atom. The van der Waals surface area contributed by atoms with Crippen LogP contribution in [0.5, 0.6) is 5.75 Å². The van der Waals surface area contributed by atoms with Gasteiger partial charge in [0.2, 0.25) is 0 Å². The Morgan fingerprint density at radius 2 is 2.00 bits per heavy atom. The molecule has 0 fully saturated rings. The molecule has 1 heterocycles. The number of ether oxygens (including phenoxy) is 1. The number of hydrogen-bond donors (Lipinski definition) is 2. The van der Waals surface area contributed by atoms with Gasteiger partial charge in [-0.15, -0.1) is 0 Å². The van der Waals surface area contributed by atoms with Crippen LogP contribution in [0, 0.1) is 6.92 Å². The first-order valence-electron chi connectivity index (χ1n) is 6.30. The van der Waals surface area contributed by atoms with E-state index in [1.807, 2.05) is 25.1 Å². The van der Waals surface area contributed by atoms with Crippen LogP contribution in [0.15, 0.2) is 29.1 Å². The van der Waals surface area contributed by atoms with Gasteiger partial charge in [-0.1, -0.05) is 0 Å². The van der Waals surface area contributed by atoms with Crippen LogP contribution >= 0.6 is 0 Å². The molecule has 1 aromatic carbocycles. The van der Waals surface area contributed by atoms with E-state index in [0.717, 1.165) is 16.9 Å². The van der Waals surface area contributed by atoms with E-state index in [0.29, 0.717) is 5.69 Å². The Morgan fingerprint density at radius 3 is 2.55 bits per heavy atom. The van der Waals surface area contributed by atoms with Crippen molar-refractivity contribution >= 4 is 0 Å². The Balaban J connectivity index is 2.54. The van der Waals surface area contributed by atoms with Gasteiger partial charge in [-0.25, -0.2) is 5.10 Å². The molecule has 2 aromatic rings. The standard InChI is InChI=1S/C15H18N2O3/c1-9-7-10(5-6-13(9)20-4)12-8-11(15(2,3)19)14(18)17-16-12/h5-8,19H,1-4H3,(H,17,18). The molecule has 1 aromatic heterocycles. The highest BCUT2D eigenvalue weighted by atomic mass is 16.5. The lowest BCUT2D eigenvalue weighted by atomic mass is 9.98. The summed E-state index contributed by atoms with van der Waals surface area (Å²) in [7, 11) is 1.62. The minimum absolute atomic E-state index is 0.288. The molecule has 0 aliphatic rings. The van der Waals surface area contributed by atoms with Gasteiger partial charge in [0.15, 0.2) is 0 Å². The molecule has 0 aliphatic heterocycles. The maximum absolute atomic E-state index is 11.7. The number of nitrogens with one attached hydrogen (secondary N) is 1. The predicted molar refractivity (Wildman–Crippen MR) is 76.8 cm³/mol. The van der Waals surface area contributed by atoms with E-state index in [1.165, 1.54) is 0 Å². The van der Waals surface area contributed by atoms with E-state index >= 15 is 0 Å². The quantitative estimate of drug-likeness (QED) is 0.897. The first-order chi connectivity index (χ1) is 9.32. The van der Waals surface area contributed by atoms with E-state index in [9.17, 15) is 9.90 Å². The second-order valence-corrected chi connectivity index (χ2v) is 5.24. The summed E-state index contributed by atoms with van der Waals surface area (Å²) >= 11 is 0. The van der Waals surface area contributed by atoms with Crippen molar-refractivity contribution in [2.45, 2.75) is 26.4 Å². The zero-order valence-electron chi connectivity index (χ0n) is 12.0. The number of methoxy groups -OCH3 is 1. The topological polar surface area (TPSA) is 75.2 Å². The van der Waals surface area contributed by atoms with Crippen molar-refractivity contribution in [1.82, 2.24) is 10.2 Å². The number of rotatable bonds is 3. The van der Waals surface area contributed by atoms with Crippen LogP contribution in [0.1, 0.15) is 25.0 Å². The molecular formula is C15H18N2O3. The first-order valence-corrected chi connectivity index (χ1v) is 6.30. The molecule has 0 unspecified atom stereocenters. The van der Waals surface area contributed by atoms with E-state index in [1.54, 1.807) is 27.0 Å². The van der Waals surface area contributed by atoms with Gasteiger partial charge in [0.25, 0.3) is 5.56 Å². The van der Waals surface area contributed by atoms with E-state index in [-0.39, 0.29) is 11.1 Å². The molecule has 0 saturated carbocycles. The Hall–Kier alpha value is -2.14. The highest BCUT2D eigenvalue weighted by molar-refractivity contribution is 5.62. The largest absolute Gasteiger partial charge is 0.496 e. The number of benzene rings is 1. The second-order valence-electron chi connectivity index (χ2n) is 5.24. The number of aliphatic hydroxyl groups is 1. The molecule has 0 radical (unpaired) electrons. The van der Waals surface area contributed by atoms with Crippen LogP contribution in [-0.2, 0) is 5.60 Å². The van der Waals surface area contributed by atoms with Crippen molar-refractivity contribution < 1.29 is 9.84 Å². The molecule has 0 atom stereocenters. The lowest BCUT2D eigenvalue weighted by Gasteiger charge is -2.17. The van der Waals surface area contributed by atoms with Gasteiger partial charge < -0.3 is 9.84 Å². The molecule has 20 heavy (non-hydrogen) atoms. The molecular weight excluding hydrogens is 256 g/mol. The van der Waals surface area contributed by atoms with Crippen molar-refractivity contribution in [2.75, 3.05) is 7.11 Å². The molecule has 2 N–H and O–H groups in total. The van der Waals surface area contributed by atoms with Crippen molar-refractivity contribution in [3.05, 3.63) is 45.7 Å². The number of hydrogen-bond acceptors (Lipinski definition) is 4. The van der Waals surface area contributed by atoms with Crippen LogP contribution < -0.4 is 10.3 Å². The van der Waals surface area contributed by atoms with Gasteiger partial charge in [-0.3, -0.25) is 4.79 Å². The third-order valence-electron chi connectivity index (χ3n) is 3.15. The number of nitrogens with zero attached hydrogens (tertiary/aromatic N) is 1. The molecule has 0 amide bonds. The van der Waals surface area contributed by atoms with Gasteiger partial charge >= 0.3 is 0 Å². The van der Waals surface area contributed by atoms with E-state index < -0.39 is 5.60 Å². The summed E-state index contributed by atoms with van der Waals surface area (Å²) in [5, 5.41) is 16.5. The predicted octanol–water partition coefficient (Wildman–Crippen LogP) is 1.98. The number of H-pyrrole nitrogens is 1. The van der Waals surface area contributed by atoms with Crippen molar-refractivity contribution in [3.63, 3.8) is 0 Å². The fourth-order valence-corrected chi connectivity index (χ4v) is 2.05. The van der Waals surface area contributed by atoms with Gasteiger partial charge in [0, 0.05) is 5.56 Å².